The van der Waals surface area contributed by atoms with Gasteiger partial charge in [0.05, 0.1) is 0 Å². The minimum atomic E-state index is 0.123. The summed E-state index contributed by atoms with van der Waals surface area (Å²) in [5.74, 6) is 0.694. The quantitative estimate of drug-likeness (QED) is 0.604. The van der Waals surface area contributed by atoms with Crippen molar-refractivity contribution in [2.45, 2.75) is 52.1 Å². The molecule has 0 N–H and O–H groups in total. The largest absolute Gasteiger partial charge is 0.297 e. The summed E-state index contributed by atoms with van der Waals surface area (Å²) >= 11 is 5.90. The molecule has 0 saturated carbocycles. The molecule has 2 heteroatoms. The van der Waals surface area contributed by atoms with Crippen molar-refractivity contribution in [3.8, 4) is 0 Å². The number of hydrogen-bond donors (Lipinski definition) is 0. The Labute approximate surface area is 82.1 Å². The third-order valence-electron chi connectivity index (χ3n) is 2.77. The Bertz CT molecular complexity index is 119. The number of nitrogens with zero attached hydrogens (tertiary/aromatic N) is 1. The first kappa shape index (κ1) is 12.2. The van der Waals surface area contributed by atoms with Gasteiger partial charge in [-0.1, -0.05) is 13.8 Å². The smallest absolute Gasteiger partial charge is 0.0402 e. The molecule has 0 aliphatic carbocycles. The maximum absolute atomic E-state index is 5.90. The zero-order chi connectivity index (χ0) is 9.78. The second kappa shape index (κ2) is 5.08. The SMILES string of the molecule is CCC(CC)N(C)C(C)(C)CCl. The first-order valence-corrected chi connectivity index (χ1v) is 5.32. The molecule has 0 spiro atoms. The van der Waals surface area contributed by atoms with Gasteiger partial charge < -0.3 is 0 Å². The van der Waals surface area contributed by atoms with E-state index in [0.29, 0.717) is 11.9 Å². The van der Waals surface area contributed by atoms with E-state index in [2.05, 4.69) is 39.6 Å². The highest BCUT2D eigenvalue weighted by Crippen LogP contribution is 2.20. The highest BCUT2D eigenvalue weighted by Gasteiger charge is 2.26. The van der Waals surface area contributed by atoms with E-state index in [4.69, 9.17) is 11.6 Å². The van der Waals surface area contributed by atoms with Gasteiger partial charge >= 0.3 is 0 Å². The van der Waals surface area contributed by atoms with Crippen molar-refractivity contribution in [3.63, 3.8) is 0 Å². The molecule has 0 atom stereocenters. The van der Waals surface area contributed by atoms with E-state index in [1.807, 2.05) is 0 Å². The summed E-state index contributed by atoms with van der Waals surface area (Å²) in [5.41, 5.74) is 0.123. The Morgan fingerprint density at radius 2 is 1.67 bits per heavy atom. The molecule has 0 rings (SSSR count). The van der Waals surface area contributed by atoms with Gasteiger partial charge in [0.15, 0.2) is 0 Å². The molecular formula is C10H22ClN. The van der Waals surface area contributed by atoms with Crippen LogP contribution in [0.15, 0.2) is 0 Å². The minimum absolute atomic E-state index is 0.123. The molecule has 0 saturated heterocycles. The zero-order valence-electron chi connectivity index (χ0n) is 9.02. The molecule has 0 aliphatic heterocycles. The summed E-state index contributed by atoms with van der Waals surface area (Å²) in [4.78, 5) is 2.39. The van der Waals surface area contributed by atoms with Crippen molar-refractivity contribution in [2.24, 2.45) is 0 Å². The van der Waals surface area contributed by atoms with Crippen molar-refractivity contribution in [2.75, 3.05) is 12.9 Å². The van der Waals surface area contributed by atoms with Gasteiger partial charge in [0.2, 0.25) is 0 Å². The second-order valence-electron chi connectivity index (χ2n) is 4.03. The molecule has 0 unspecified atom stereocenters. The van der Waals surface area contributed by atoms with E-state index in [1.165, 1.54) is 12.8 Å². The molecule has 0 aromatic heterocycles. The molecule has 74 valence electrons. The van der Waals surface area contributed by atoms with Crippen molar-refractivity contribution in [1.29, 1.82) is 0 Å². The summed E-state index contributed by atoms with van der Waals surface area (Å²) < 4.78 is 0. The van der Waals surface area contributed by atoms with Gasteiger partial charge in [0, 0.05) is 17.5 Å². The van der Waals surface area contributed by atoms with Gasteiger partial charge in [-0.15, -0.1) is 11.6 Å². The highest BCUT2D eigenvalue weighted by molar-refractivity contribution is 6.18. The average molecular weight is 192 g/mol. The lowest BCUT2D eigenvalue weighted by atomic mass is 10.0. The summed E-state index contributed by atoms with van der Waals surface area (Å²) in [5, 5.41) is 0. The second-order valence-corrected chi connectivity index (χ2v) is 4.29. The van der Waals surface area contributed by atoms with Crippen molar-refractivity contribution in [3.05, 3.63) is 0 Å². The van der Waals surface area contributed by atoms with E-state index in [-0.39, 0.29) is 5.54 Å². The van der Waals surface area contributed by atoms with Gasteiger partial charge in [-0.25, -0.2) is 0 Å². The Hall–Kier alpha value is 0.250. The van der Waals surface area contributed by atoms with Crippen LogP contribution < -0.4 is 0 Å². The minimum Gasteiger partial charge on any atom is -0.297 e. The van der Waals surface area contributed by atoms with E-state index >= 15 is 0 Å². The fraction of sp³-hybridized carbons (Fsp3) is 1.00. The molecule has 0 aromatic rings. The predicted molar refractivity (Wildman–Crippen MR) is 56.9 cm³/mol. The molecule has 1 nitrogen and oxygen atoms in total. The van der Waals surface area contributed by atoms with Gasteiger partial charge in [-0.2, -0.15) is 0 Å². The van der Waals surface area contributed by atoms with E-state index in [0.717, 1.165) is 0 Å². The molecule has 0 heterocycles. The van der Waals surface area contributed by atoms with E-state index < -0.39 is 0 Å². The van der Waals surface area contributed by atoms with E-state index in [1.54, 1.807) is 0 Å². The number of alkyl halides is 1. The standard InChI is InChI=1S/C10H22ClN/c1-6-9(7-2)12(5)10(3,4)8-11/h9H,6-8H2,1-5H3. The van der Waals surface area contributed by atoms with Crippen LogP contribution in [0.2, 0.25) is 0 Å². The molecule has 0 aliphatic rings. The summed E-state index contributed by atoms with van der Waals surface area (Å²) in [6.45, 7) is 8.85. The lowest BCUT2D eigenvalue weighted by molar-refractivity contribution is 0.113. The van der Waals surface area contributed by atoms with Gasteiger partial charge in [-0.05, 0) is 33.7 Å². The van der Waals surface area contributed by atoms with Crippen LogP contribution in [0.1, 0.15) is 40.5 Å². The van der Waals surface area contributed by atoms with Crippen LogP contribution in [0.4, 0.5) is 0 Å². The van der Waals surface area contributed by atoms with Crippen LogP contribution in [-0.2, 0) is 0 Å². The lowest BCUT2D eigenvalue weighted by Gasteiger charge is -2.39. The fourth-order valence-corrected chi connectivity index (χ4v) is 1.61. The maximum atomic E-state index is 5.90. The third kappa shape index (κ3) is 2.95. The topological polar surface area (TPSA) is 3.24 Å². The van der Waals surface area contributed by atoms with Crippen LogP contribution in [0.25, 0.3) is 0 Å². The van der Waals surface area contributed by atoms with Gasteiger partial charge in [-0.3, -0.25) is 4.90 Å². The highest BCUT2D eigenvalue weighted by atomic mass is 35.5. The molecule has 0 aromatic carbocycles. The van der Waals surface area contributed by atoms with Gasteiger partial charge in [0.1, 0.15) is 0 Å². The fourth-order valence-electron chi connectivity index (χ4n) is 1.42. The Balaban J connectivity index is 4.23. The van der Waals surface area contributed by atoms with Crippen LogP contribution >= 0.6 is 11.6 Å². The monoisotopic (exact) mass is 191 g/mol. The van der Waals surface area contributed by atoms with Crippen LogP contribution in [-0.4, -0.2) is 29.4 Å². The third-order valence-corrected chi connectivity index (χ3v) is 3.43. The zero-order valence-corrected chi connectivity index (χ0v) is 9.78. The average Bonchev–Trinajstić information content (AvgIpc) is 2.06. The molecule has 0 amide bonds. The summed E-state index contributed by atoms with van der Waals surface area (Å²) in [7, 11) is 2.17. The Kier molecular flexibility index (Phi) is 5.19. The first-order valence-electron chi connectivity index (χ1n) is 4.78. The van der Waals surface area contributed by atoms with Crippen LogP contribution in [0.3, 0.4) is 0 Å². The Morgan fingerprint density at radius 3 is 1.92 bits per heavy atom. The predicted octanol–water partition coefficient (Wildman–Crippen LogP) is 3.12. The molecule has 0 radical (unpaired) electrons. The number of rotatable bonds is 5. The molecule has 0 fully saturated rings. The summed E-state index contributed by atoms with van der Waals surface area (Å²) in [6, 6.07) is 0.666. The van der Waals surface area contributed by atoms with Crippen LogP contribution in [0, 0.1) is 0 Å². The molecular weight excluding hydrogens is 170 g/mol. The lowest BCUT2D eigenvalue weighted by Crippen LogP contribution is -2.48. The summed E-state index contributed by atoms with van der Waals surface area (Å²) in [6.07, 6.45) is 2.40. The van der Waals surface area contributed by atoms with Gasteiger partial charge in [0.25, 0.3) is 0 Å². The van der Waals surface area contributed by atoms with Crippen molar-refractivity contribution in [1.82, 2.24) is 4.90 Å². The first-order chi connectivity index (χ1) is 5.49. The maximum Gasteiger partial charge on any atom is 0.0402 e. The van der Waals surface area contributed by atoms with E-state index in [9.17, 15) is 0 Å². The van der Waals surface area contributed by atoms with Crippen molar-refractivity contribution >= 4 is 11.6 Å². The normalized spacial score (nSPS) is 13.0. The van der Waals surface area contributed by atoms with Crippen LogP contribution in [0.5, 0.6) is 0 Å². The number of halogens is 1. The Morgan fingerprint density at radius 1 is 1.25 bits per heavy atom. The molecule has 0 bridgehead atoms. The number of hydrogen-bond acceptors (Lipinski definition) is 1. The molecule has 12 heavy (non-hydrogen) atoms. The van der Waals surface area contributed by atoms with Crippen molar-refractivity contribution < 1.29 is 0 Å².